The van der Waals surface area contributed by atoms with Crippen molar-refractivity contribution in [1.82, 2.24) is 10.2 Å². The topological polar surface area (TPSA) is 113 Å². The number of nitrogens with one attached hydrogen (secondary N) is 2. The first-order chi connectivity index (χ1) is 28.8. The number of amides is 2. The number of hydrogen-bond acceptors (Lipinski definition) is 7. The van der Waals surface area contributed by atoms with Gasteiger partial charge in [0.25, 0.3) is 0 Å². The molecule has 2 amide bonds. The van der Waals surface area contributed by atoms with Gasteiger partial charge < -0.3 is 40.0 Å². The predicted octanol–water partition coefficient (Wildman–Crippen LogP) is 10.1. The Kier molecular flexibility index (Phi) is 12.7. The number of carbonyl (C=O) groups is 1. The molecule has 6 aromatic rings. The van der Waals surface area contributed by atoms with E-state index in [-0.39, 0.29) is 24.8 Å². The quantitative estimate of drug-likeness (QED) is 0.0974. The van der Waals surface area contributed by atoms with E-state index < -0.39 is 11.9 Å². The van der Waals surface area contributed by atoms with E-state index in [9.17, 15) is 15.0 Å². The predicted molar refractivity (Wildman–Crippen MR) is 230 cm³/mol. The third kappa shape index (κ3) is 10.2. The molecule has 2 saturated heterocycles. The Morgan fingerprint density at radius 1 is 0.763 bits per heavy atom. The number of aliphatic hydroxyl groups excluding tert-OH is 1. The van der Waals surface area contributed by atoms with E-state index in [1.807, 2.05) is 133 Å². The highest BCUT2D eigenvalue weighted by molar-refractivity contribution is 6.30. The van der Waals surface area contributed by atoms with E-state index >= 15 is 0 Å². The lowest BCUT2D eigenvalue weighted by Gasteiger charge is -2.42. The minimum atomic E-state index is -0.883. The molecule has 0 aromatic heterocycles. The van der Waals surface area contributed by atoms with Crippen molar-refractivity contribution in [1.29, 1.82) is 0 Å². The molecule has 8 rings (SSSR count). The van der Waals surface area contributed by atoms with E-state index in [4.69, 9.17) is 25.8 Å². The lowest BCUT2D eigenvalue weighted by atomic mass is 9.84. The standard InChI is InChI=1S/C49H48ClN3O6/c50-40-20-18-39(19-21-40)49(56)26-28-53(29-27-49)32-44-30-46(36-12-10-34(33-54)11-13-36)59-47(58-44)37-16-14-35(15-17-37)45-9-5-4-6-38(45)31-51-48(55)52-41-22-24-43(25-23-41)57-42-7-2-1-3-8-42/h1-25,44,46-47,54,56H,26-33H2,(H2,51,52,55)/t44-,46+,47+/m0/s1. The molecular formula is C49H48ClN3O6. The molecule has 2 aliphatic heterocycles. The summed E-state index contributed by atoms with van der Waals surface area (Å²) in [6, 6.07) is 48.2. The summed E-state index contributed by atoms with van der Waals surface area (Å²) in [5, 5.41) is 27.7. The summed E-state index contributed by atoms with van der Waals surface area (Å²) in [7, 11) is 0. The third-order valence-corrected chi connectivity index (χ3v) is 11.4. The molecule has 10 heteroatoms. The fourth-order valence-electron chi connectivity index (χ4n) is 7.83. The van der Waals surface area contributed by atoms with Crippen LogP contribution >= 0.6 is 11.6 Å². The van der Waals surface area contributed by atoms with Gasteiger partial charge in [0.05, 0.1) is 24.4 Å². The highest BCUT2D eigenvalue weighted by Crippen LogP contribution is 2.40. The monoisotopic (exact) mass is 809 g/mol. The van der Waals surface area contributed by atoms with Crippen LogP contribution in [0.2, 0.25) is 5.02 Å². The first-order valence-electron chi connectivity index (χ1n) is 20.1. The van der Waals surface area contributed by atoms with Gasteiger partial charge in [0.2, 0.25) is 0 Å². The Balaban J connectivity index is 0.913. The first-order valence-corrected chi connectivity index (χ1v) is 20.5. The zero-order chi connectivity index (χ0) is 40.6. The maximum absolute atomic E-state index is 12.9. The zero-order valence-corrected chi connectivity index (χ0v) is 33.4. The van der Waals surface area contributed by atoms with Gasteiger partial charge in [-0.15, -0.1) is 0 Å². The Bertz CT molecular complexity index is 2280. The summed E-state index contributed by atoms with van der Waals surface area (Å²) in [6.07, 6.45) is 0.996. The number of carbonyl (C=O) groups excluding carboxylic acids is 1. The van der Waals surface area contributed by atoms with Crippen LogP contribution < -0.4 is 15.4 Å². The summed E-state index contributed by atoms with van der Waals surface area (Å²) >= 11 is 6.11. The number of para-hydroxylation sites is 1. The second kappa shape index (κ2) is 18.6. The number of piperidine rings is 1. The smallest absolute Gasteiger partial charge is 0.319 e. The average Bonchev–Trinajstić information content (AvgIpc) is 3.28. The molecule has 9 nitrogen and oxygen atoms in total. The Labute approximate surface area is 350 Å². The summed E-state index contributed by atoms with van der Waals surface area (Å²) in [4.78, 5) is 15.3. The molecule has 0 bridgehead atoms. The summed E-state index contributed by atoms with van der Waals surface area (Å²) in [6.45, 7) is 2.50. The maximum Gasteiger partial charge on any atom is 0.319 e. The van der Waals surface area contributed by atoms with E-state index in [1.54, 1.807) is 0 Å². The maximum atomic E-state index is 12.9. The van der Waals surface area contributed by atoms with Crippen LogP contribution in [0.3, 0.4) is 0 Å². The van der Waals surface area contributed by atoms with Gasteiger partial charge in [0.15, 0.2) is 6.29 Å². The van der Waals surface area contributed by atoms with Gasteiger partial charge in [-0.3, -0.25) is 0 Å². The normalized spacial score (nSPS) is 19.1. The van der Waals surface area contributed by atoms with E-state index in [0.29, 0.717) is 48.8 Å². The summed E-state index contributed by atoms with van der Waals surface area (Å²) in [5.74, 6) is 1.43. The lowest BCUT2D eigenvalue weighted by Crippen LogP contribution is -2.46. The molecular weight excluding hydrogens is 762 g/mol. The molecule has 2 heterocycles. The van der Waals surface area contributed by atoms with E-state index in [0.717, 1.165) is 57.8 Å². The number of benzene rings is 6. The van der Waals surface area contributed by atoms with Crippen molar-refractivity contribution in [3.05, 3.63) is 184 Å². The van der Waals surface area contributed by atoms with Gasteiger partial charge in [0, 0.05) is 48.9 Å². The number of halogens is 1. The zero-order valence-electron chi connectivity index (χ0n) is 32.7. The minimum absolute atomic E-state index is 0.0171. The highest BCUT2D eigenvalue weighted by Gasteiger charge is 2.37. The fraction of sp³-hybridized carbons (Fsp3) is 0.245. The van der Waals surface area contributed by atoms with Gasteiger partial charge in [-0.1, -0.05) is 115 Å². The molecule has 6 aromatic carbocycles. The Hall–Kier alpha value is -5.52. The van der Waals surface area contributed by atoms with Gasteiger partial charge in [-0.25, -0.2) is 4.79 Å². The van der Waals surface area contributed by atoms with Crippen molar-refractivity contribution < 1.29 is 29.2 Å². The number of likely N-dealkylation sites (tertiary alicyclic amines) is 1. The Morgan fingerprint density at radius 2 is 1.42 bits per heavy atom. The molecule has 0 radical (unpaired) electrons. The molecule has 2 aliphatic rings. The van der Waals surface area contributed by atoms with E-state index in [2.05, 4.69) is 33.7 Å². The largest absolute Gasteiger partial charge is 0.457 e. The van der Waals surface area contributed by atoms with Gasteiger partial charge in [-0.05, 0) is 94.8 Å². The molecule has 0 saturated carbocycles. The third-order valence-electron chi connectivity index (χ3n) is 11.2. The average molecular weight is 810 g/mol. The van der Waals surface area contributed by atoms with Crippen molar-refractivity contribution in [2.75, 3.05) is 25.0 Å². The number of ether oxygens (including phenoxy) is 3. The van der Waals surface area contributed by atoms with Crippen molar-refractivity contribution in [2.24, 2.45) is 0 Å². The molecule has 59 heavy (non-hydrogen) atoms. The van der Waals surface area contributed by atoms with Crippen LogP contribution in [0.25, 0.3) is 11.1 Å². The molecule has 0 aliphatic carbocycles. The molecule has 3 atom stereocenters. The second-order valence-corrected chi connectivity index (χ2v) is 15.7. The van der Waals surface area contributed by atoms with Crippen LogP contribution in [0.4, 0.5) is 10.5 Å². The van der Waals surface area contributed by atoms with Crippen LogP contribution in [0.5, 0.6) is 11.5 Å². The van der Waals surface area contributed by atoms with Crippen LogP contribution in [-0.2, 0) is 28.2 Å². The van der Waals surface area contributed by atoms with Crippen LogP contribution in [0.1, 0.15) is 59.5 Å². The van der Waals surface area contributed by atoms with Gasteiger partial charge >= 0.3 is 6.03 Å². The van der Waals surface area contributed by atoms with Crippen molar-refractivity contribution in [3.63, 3.8) is 0 Å². The van der Waals surface area contributed by atoms with Crippen LogP contribution in [0.15, 0.2) is 152 Å². The van der Waals surface area contributed by atoms with Crippen LogP contribution in [-0.4, -0.2) is 46.9 Å². The SMILES string of the molecule is O=C(NCc1ccccc1-c1ccc([C@@H]2O[C@H](CN3CCC(O)(c4ccc(Cl)cc4)CC3)C[C@H](c3ccc(CO)cc3)O2)cc1)Nc1ccc(Oc2ccccc2)cc1. The number of nitrogens with zero attached hydrogens (tertiary/aromatic N) is 1. The number of urea groups is 1. The number of aliphatic hydroxyl groups is 2. The van der Waals surface area contributed by atoms with Gasteiger partial charge in [-0.2, -0.15) is 0 Å². The van der Waals surface area contributed by atoms with E-state index in [1.165, 1.54) is 0 Å². The van der Waals surface area contributed by atoms with Crippen LogP contribution in [0, 0.1) is 0 Å². The lowest BCUT2D eigenvalue weighted by molar-refractivity contribution is -0.253. The summed E-state index contributed by atoms with van der Waals surface area (Å²) in [5.41, 5.74) is 6.45. The number of hydrogen-bond donors (Lipinski definition) is 4. The first kappa shape index (κ1) is 40.3. The highest BCUT2D eigenvalue weighted by atomic mass is 35.5. The van der Waals surface area contributed by atoms with Crippen molar-refractivity contribution in [3.8, 4) is 22.6 Å². The van der Waals surface area contributed by atoms with Crippen molar-refractivity contribution >= 4 is 23.3 Å². The molecule has 0 spiro atoms. The second-order valence-electron chi connectivity index (χ2n) is 15.2. The molecule has 302 valence electrons. The molecule has 4 N–H and O–H groups in total. The van der Waals surface area contributed by atoms with Gasteiger partial charge in [0.1, 0.15) is 11.5 Å². The Morgan fingerprint density at radius 3 is 2.14 bits per heavy atom. The minimum Gasteiger partial charge on any atom is -0.457 e. The molecule has 2 fully saturated rings. The summed E-state index contributed by atoms with van der Waals surface area (Å²) < 4.78 is 19.2. The number of anilines is 1. The van der Waals surface area contributed by atoms with Crippen molar-refractivity contribution in [2.45, 2.75) is 56.5 Å². The molecule has 0 unspecified atom stereocenters. The fourth-order valence-corrected chi connectivity index (χ4v) is 7.96. The number of rotatable bonds is 12.